The largest absolute Gasteiger partial charge is 0.367 e. The predicted molar refractivity (Wildman–Crippen MR) is 167 cm³/mol. The molecule has 2 aromatic heterocycles. The van der Waals surface area contributed by atoms with E-state index in [-0.39, 0.29) is 11.8 Å². The molecule has 1 aliphatic rings. The van der Waals surface area contributed by atoms with Gasteiger partial charge in [0.2, 0.25) is 5.65 Å². The van der Waals surface area contributed by atoms with Crippen molar-refractivity contribution in [3.63, 3.8) is 0 Å². The molecule has 0 spiro atoms. The molecule has 0 atom stereocenters. The van der Waals surface area contributed by atoms with Crippen LogP contribution in [0.3, 0.4) is 0 Å². The van der Waals surface area contributed by atoms with Gasteiger partial charge in [0.25, 0.3) is 11.8 Å². The number of aryl methyl sites for hydroxylation is 1. The molecule has 2 N–H and O–H groups in total. The van der Waals surface area contributed by atoms with Gasteiger partial charge in [-0.15, -0.1) is 10.2 Å². The molecule has 3 heterocycles. The quantitative estimate of drug-likeness (QED) is 0.240. The first-order chi connectivity index (χ1) is 21.1. The molecule has 0 radical (unpaired) electrons. The van der Waals surface area contributed by atoms with Crippen molar-refractivity contribution in [2.45, 2.75) is 26.3 Å². The van der Waals surface area contributed by atoms with Crippen molar-refractivity contribution in [1.82, 2.24) is 34.7 Å². The van der Waals surface area contributed by atoms with Crippen LogP contribution in [0.1, 0.15) is 44.9 Å². The van der Waals surface area contributed by atoms with Crippen molar-refractivity contribution in [1.29, 1.82) is 0 Å². The van der Waals surface area contributed by atoms with E-state index in [1.165, 1.54) is 5.56 Å². The van der Waals surface area contributed by atoms with Gasteiger partial charge in [0, 0.05) is 56.9 Å². The molecule has 0 bridgehead atoms. The normalized spacial score (nSPS) is 13.8. The number of anilines is 1. The van der Waals surface area contributed by atoms with Crippen molar-refractivity contribution in [2.75, 3.05) is 44.6 Å². The zero-order valence-corrected chi connectivity index (χ0v) is 24.4. The van der Waals surface area contributed by atoms with Crippen molar-refractivity contribution in [3.8, 4) is 0 Å². The van der Waals surface area contributed by atoms with Crippen molar-refractivity contribution < 1.29 is 9.59 Å². The summed E-state index contributed by atoms with van der Waals surface area (Å²) < 4.78 is 1.96. The molecule has 2 amide bonds. The minimum atomic E-state index is -0.0615. The number of nitrogens with zero attached hydrogens (tertiary/aromatic N) is 6. The third-order valence-corrected chi connectivity index (χ3v) is 7.86. The summed E-state index contributed by atoms with van der Waals surface area (Å²) in [4.78, 5) is 34.9. The molecular formula is C33H36N8O2. The fourth-order valence-corrected chi connectivity index (χ4v) is 5.51. The fourth-order valence-electron chi connectivity index (χ4n) is 5.51. The predicted octanol–water partition coefficient (Wildman–Crippen LogP) is 4.17. The minimum Gasteiger partial charge on any atom is -0.367 e. The molecule has 1 saturated heterocycles. The van der Waals surface area contributed by atoms with E-state index in [0.717, 1.165) is 49.3 Å². The van der Waals surface area contributed by atoms with Crippen LogP contribution in [0.5, 0.6) is 0 Å². The number of unbranched alkanes of at least 4 members (excludes halogenated alkanes) is 1. The molecule has 0 unspecified atom stereocenters. The molecule has 0 aliphatic carbocycles. The van der Waals surface area contributed by atoms with Gasteiger partial charge in [-0.05, 0) is 55.7 Å². The van der Waals surface area contributed by atoms with Crippen molar-refractivity contribution >= 4 is 34.3 Å². The van der Waals surface area contributed by atoms with Gasteiger partial charge < -0.3 is 15.5 Å². The summed E-state index contributed by atoms with van der Waals surface area (Å²) in [5, 5.41) is 15.0. The first-order valence-electron chi connectivity index (χ1n) is 14.8. The lowest BCUT2D eigenvalue weighted by atomic mass is 10.1. The Kier molecular flexibility index (Phi) is 8.55. The molecule has 1 aliphatic heterocycles. The second-order valence-corrected chi connectivity index (χ2v) is 10.9. The van der Waals surface area contributed by atoms with Gasteiger partial charge in [0.15, 0.2) is 5.82 Å². The van der Waals surface area contributed by atoms with Crippen molar-refractivity contribution in [2.24, 2.45) is 0 Å². The van der Waals surface area contributed by atoms with Crippen LogP contribution < -0.4 is 10.6 Å². The highest BCUT2D eigenvalue weighted by molar-refractivity contribution is 5.98. The highest BCUT2D eigenvalue weighted by Crippen LogP contribution is 2.24. The van der Waals surface area contributed by atoms with Crippen LogP contribution >= 0.6 is 0 Å². The number of fused-ring (bicyclic) bond motifs is 3. The first kappa shape index (κ1) is 28.3. The van der Waals surface area contributed by atoms with Crippen LogP contribution in [0.4, 0.5) is 5.82 Å². The number of nitrogens with one attached hydrogen (secondary N) is 2. The zero-order valence-electron chi connectivity index (χ0n) is 24.4. The summed E-state index contributed by atoms with van der Waals surface area (Å²) in [6.07, 6.45) is 1.67. The second kappa shape index (κ2) is 13.0. The second-order valence-electron chi connectivity index (χ2n) is 10.9. The van der Waals surface area contributed by atoms with Gasteiger partial charge in [-0.25, -0.2) is 4.98 Å². The summed E-state index contributed by atoms with van der Waals surface area (Å²) in [6.45, 7) is 7.16. The third kappa shape index (κ3) is 6.49. The number of rotatable bonds is 10. The molecule has 6 rings (SSSR count). The molecule has 43 heavy (non-hydrogen) atoms. The highest BCUT2D eigenvalue weighted by Gasteiger charge is 2.23. The molecule has 10 heteroatoms. The van der Waals surface area contributed by atoms with E-state index >= 15 is 0 Å². The van der Waals surface area contributed by atoms with Gasteiger partial charge in [0.1, 0.15) is 5.82 Å². The monoisotopic (exact) mass is 576 g/mol. The minimum absolute atomic E-state index is 0.0293. The summed E-state index contributed by atoms with van der Waals surface area (Å²) in [5.41, 5.74) is 4.79. The summed E-state index contributed by atoms with van der Waals surface area (Å²) in [6, 6.07) is 25.3. The number of aromatic nitrogens is 4. The van der Waals surface area contributed by atoms with Crippen LogP contribution in [0.2, 0.25) is 0 Å². The Balaban J connectivity index is 1.07. The highest BCUT2D eigenvalue weighted by atomic mass is 16.2. The Morgan fingerprint density at radius 1 is 0.814 bits per heavy atom. The molecule has 5 aromatic rings. The summed E-state index contributed by atoms with van der Waals surface area (Å²) >= 11 is 0. The van der Waals surface area contributed by atoms with E-state index < -0.39 is 0 Å². The standard InChI is InChI=1S/C33H36N8O2/c1-24-37-38-31-30(34-16-8-9-17-35-32(42)26-12-6-3-7-13-26)36-28-15-14-27(22-29(28)41(24)31)33(43)40-20-18-39(19-21-40)23-25-10-4-2-5-11-25/h2-7,10-15,22H,8-9,16-21,23H2,1H3,(H,34,36)(H,35,42). The molecule has 3 aromatic carbocycles. The first-order valence-corrected chi connectivity index (χ1v) is 14.8. The molecule has 220 valence electrons. The smallest absolute Gasteiger partial charge is 0.254 e. The van der Waals surface area contributed by atoms with Gasteiger partial charge in [-0.2, -0.15) is 0 Å². The van der Waals surface area contributed by atoms with Gasteiger partial charge in [-0.1, -0.05) is 48.5 Å². The Bertz CT molecular complexity index is 1710. The van der Waals surface area contributed by atoms with Crippen LogP contribution in [0, 0.1) is 6.92 Å². The maximum absolute atomic E-state index is 13.5. The number of piperazine rings is 1. The molecule has 10 nitrogen and oxygen atoms in total. The van der Waals surface area contributed by atoms with Crippen molar-refractivity contribution in [3.05, 3.63) is 101 Å². The maximum atomic E-state index is 13.5. The lowest BCUT2D eigenvalue weighted by Gasteiger charge is -2.34. The maximum Gasteiger partial charge on any atom is 0.254 e. The van der Waals surface area contributed by atoms with Crippen LogP contribution in [0.15, 0.2) is 78.9 Å². The summed E-state index contributed by atoms with van der Waals surface area (Å²) in [5.74, 6) is 1.35. The lowest BCUT2D eigenvalue weighted by Crippen LogP contribution is -2.48. The molecular weight excluding hydrogens is 540 g/mol. The van der Waals surface area contributed by atoms with Crippen LogP contribution in [-0.2, 0) is 6.54 Å². The number of amides is 2. The third-order valence-electron chi connectivity index (χ3n) is 7.86. The van der Waals surface area contributed by atoms with Crippen LogP contribution in [-0.4, -0.2) is 80.5 Å². The Morgan fingerprint density at radius 2 is 1.53 bits per heavy atom. The number of carbonyl (C=O) groups excluding carboxylic acids is 2. The van der Waals surface area contributed by atoms with Gasteiger partial charge in [0.05, 0.1) is 11.0 Å². The summed E-state index contributed by atoms with van der Waals surface area (Å²) in [7, 11) is 0. The number of hydrogen-bond acceptors (Lipinski definition) is 7. The SMILES string of the molecule is Cc1nnc2c(NCCCCNC(=O)c3ccccc3)nc3ccc(C(=O)N4CCN(Cc5ccccc5)CC4)cc3n12. The van der Waals surface area contributed by atoms with E-state index in [1.807, 2.05) is 58.7 Å². The van der Waals surface area contributed by atoms with E-state index in [0.29, 0.717) is 48.8 Å². The lowest BCUT2D eigenvalue weighted by molar-refractivity contribution is 0.0628. The number of benzene rings is 3. The topological polar surface area (TPSA) is 108 Å². The average molecular weight is 577 g/mol. The zero-order chi connectivity index (χ0) is 29.6. The number of hydrogen-bond donors (Lipinski definition) is 2. The molecule has 1 fully saturated rings. The van der Waals surface area contributed by atoms with E-state index in [2.05, 4.69) is 50.0 Å². The van der Waals surface area contributed by atoms with Crippen LogP contribution in [0.25, 0.3) is 16.7 Å². The Hall–Kier alpha value is -4.83. The Labute approximate surface area is 250 Å². The van der Waals surface area contributed by atoms with E-state index in [1.54, 1.807) is 12.1 Å². The van der Waals surface area contributed by atoms with Gasteiger partial charge in [-0.3, -0.25) is 18.9 Å². The Morgan fingerprint density at radius 3 is 2.30 bits per heavy atom. The number of carbonyl (C=O) groups is 2. The fraction of sp³-hybridized carbons (Fsp3) is 0.303. The molecule has 0 saturated carbocycles. The average Bonchev–Trinajstić information content (AvgIpc) is 3.45. The van der Waals surface area contributed by atoms with E-state index in [4.69, 9.17) is 4.98 Å². The van der Waals surface area contributed by atoms with E-state index in [9.17, 15) is 9.59 Å². The van der Waals surface area contributed by atoms with Gasteiger partial charge >= 0.3 is 0 Å².